The third-order valence-corrected chi connectivity index (χ3v) is 4.11. The first-order valence-corrected chi connectivity index (χ1v) is 6.86. The lowest BCUT2D eigenvalue weighted by molar-refractivity contribution is 0.348. The maximum atomic E-state index is 6.17. The molecule has 0 radical (unpaired) electrons. The molecule has 4 heteroatoms. The van der Waals surface area contributed by atoms with Gasteiger partial charge >= 0.3 is 0 Å². The van der Waals surface area contributed by atoms with Crippen molar-refractivity contribution in [1.29, 1.82) is 0 Å². The Balaban J connectivity index is 2.23. The number of hydrogen-bond donors (Lipinski definition) is 0. The van der Waals surface area contributed by atoms with Crippen LogP contribution < -0.4 is 0 Å². The molecule has 1 aliphatic rings. The van der Waals surface area contributed by atoms with Gasteiger partial charge in [-0.2, -0.15) is 0 Å². The highest BCUT2D eigenvalue weighted by atomic mass is 35.5. The minimum absolute atomic E-state index is 0.00197. The average molecular weight is 256 g/mol. The molecule has 1 aromatic heterocycles. The van der Waals surface area contributed by atoms with Gasteiger partial charge in [0.2, 0.25) is 5.28 Å². The van der Waals surface area contributed by atoms with Gasteiger partial charge in [0.25, 0.3) is 0 Å². The second kappa shape index (κ2) is 4.60. The summed E-state index contributed by atoms with van der Waals surface area (Å²) < 4.78 is 2.11. The van der Waals surface area contributed by atoms with Crippen molar-refractivity contribution in [2.45, 2.75) is 58.9 Å². The average Bonchev–Trinajstić information content (AvgIpc) is 2.75. The van der Waals surface area contributed by atoms with Gasteiger partial charge in [-0.3, -0.25) is 0 Å². The molecule has 0 N–H and O–H groups in total. The number of aromatic nitrogens is 3. The van der Waals surface area contributed by atoms with E-state index >= 15 is 0 Å². The fraction of sp³-hybridized carbons (Fsp3) is 0.846. The van der Waals surface area contributed by atoms with Gasteiger partial charge < -0.3 is 4.57 Å². The standard InChI is InChI=1S/C13H22ClN3/c1-9-6-5-7-10(9)8-17-11(13(2,3)4)15-16-12(17)14/h9-10H,5-8H2,1-4H3. The van der Waals surface area contributed by atoms with E-state index in [4.69, 9.17) is 11.6 Å². The van der Waals surface area contributed by atoms with Crippen molar-refractivity contribution in [1.82, 2.24) is 14.8 Å². The Morgan fingerprint density at radius 2 is 2.00 bits per heavy atom. The molecule has 1 aromatic rings. The van der Waals surface area contributed by atoms with Crippen LogP contribution in [-0.2, 0) is 12.0 Å². The van der Waals surface area contributed by atoms with E-state index in [0.717, 1.165) is 24.2 Å². The van der Waals surface area contributed by atoms with Gasteiger partial charge in [0, 0.05) is 12.0 Å². The van der Waals surface area contributed by atoms with Crippen molar-refractivity contribution < 1.29 is 0 Å². The van der Waals surface area contributed by atoms with Crippen LogP contribution >= 0.6 is 11.6 Å². The van der Waals surface area contributed by atoms with Crippen LogP contribution in [0.4, 0.5) is 0 Å². The summed E-state index contributed by atoms with van der Waals surface area (Å²) in [5.74, 6) is 2.52. The maximum Gasteiger partial charge on any atom is 0.225 e. The van der Waals surface area contributed by atoms with Crippen LogP contribution in [0.2, 0.25) is 5.28 Å². The minimum atomic E-state index is 0.00197. The summed E-state index contributed by atoms with van der Waals surface area (Å²) in [6.45, 7) is 9.78. The highest BCUT2D eigenvalue weighted by molar-refractivity contribution is 6.28. The second-order valence-electron chi connectivity index (χ2n) is 6.32. The van der Waals surface area contributed by atoms with Crippen LogP contribution in [-0.4, -0.2) is 14.8 Å². The van der Waals surface area contributed by atoms with Crippen LogP contribution in [0.15, 0.2) is 0 Å². The molecule has 17 heavy (non-hydrogen) atoms. The molecule has 0 aromatic carbocycles. The zero-order valence-corrected chi connectivity index (χ0v) is 12.0. The van der Waals surface area contributed by atoms with Gasteiger partial charge in [0.05, 0.1) is 0 Å². The molecule has 1 saturated carbocycles. The number of hydrogen-bond acceptors (Lipinski definition) is 2. The summed E-state index contributed by atoms with van der Waals surface area (Å²) in [5.41, 5.74) is 0.00197. The van der Waals surface area contributed by atoms with Gasteiger partial charge in [-0.05, 0) is 29.9 Å². The molecule has 0 spiro atoms. The Morgan fingerprint density at radius 1 is 1.29 bits per heavy atom. The van der Waals surface area contributed by atoms with E-state index in [1.807, 2.05) is 0 Å². The van der Waals surface area contributed by atoms with Gasteiger partial charge in [-0.1, -0.05) is 40.5 Å². The van der Waals surface area contributed by atoms with E-state index in [2.05, 4.69) is 42.5 Å². The number of nitrogens with zero attached hydrogens (tertiary/aromatic N) is 3. The van der Waals surface area contributed by atoms with Crippen molar-refractivity contribution >= 4 is 11.6 Å². The first-order chi connectivity index (χ1) is 7.89. The largest absolute Gasteiger partial charge is 0.301 e. The lowest BCUT2D eigenvalue weighted by Crippen LogP contribution is -2.22. The van der Waals surface area contributed by atoms with E-state index in [-0.39, 0.29) is 5.41 Å². The third-order valence-electron chi connectivity index (χ3n) is 3.83. The van der Waals surface area contributed by atoms with E-state index in [1.54, 1.807) is 0 Å². The lowest BCUT2D eigenvalue weighted by atomic mass is 9.94. The molecule has 2 rings (SSSR count). The molecule has 1 heterocycles. The Hall–Kier alpha value is -0.570. The lowest BCUT2D eigenvalue weighted by Gasteiger charge is -2.22. The molecule has 2 atom stereocenters. The minimum Gasteiger partial charge on any atom is -0.301 e. The first kappa shape index (κ1) is 12.9. The summed E-state index contributed by atoms with van der Waals surface area (Å²) in [7, 11) is 0. The summed E-state index contributed by atoms with van der Waals surface area (Å²) in [6, 6.07) is 0. The van der Waals surface area contributed by atoms with Crippen molar-refractivity contribution in [2.75, 3.05) is 0 Å². The van der Waals surface area contributed by atoms with Crippen molar-refractivity contribution in [3.63, 3.8) is 0 Å². The number of rotatable bonds is 2. The van der Waals surface area contributed by atoms with Crippen LogP contribution in [0.5, 0.6) is 0 Å². The van der Waals surface area contributed by atoms with E-state index < -0.39 is 0 Å². The normalized spacial score (nSPS) is 25.5. The predicted molar refractivity (Wildman–Crippen MR) is 70.2 cm³/mol. The SMILES string of the molecule is CC1CCCC1Cn1c(Cl)nnc1C(C)(C)C. The smallest absolute Gasteiger partial charge is 0.225 e. The zero-order valence-electron chi connectivity index (χ0n) is 11.2. The molecule has 0 aliphatic heterocycles. The maximum absolute atomic E-state index is 6.17. The molecule has 1 fully saturated rings. The molecule has 96 valence electrons. The second-order valence-corrected chi connectivity index (χ2v) is 6.66. The van der Waals surface area contributed by atoms with Gasteiger partial charge in [0.1, 0.15) is 5.82 Å². The van der Waals surface area contributed by atoms with E-state index in [1.165, 1.54) is 19.3 Å². The molecule has 1 aliphatic carbocycles. The van der Waals surface area contributed by atoms with Crippen molar-refractivity contribution in [3.05, 3.63) is 11.1 Å². The summed E-state index contributed by atoms with van der Waals surface area (Å²) in [5, 5.41) is 8.80. The van der Waals surface area contributed by atoms with E-state index in [9.17, 15) is 0 Å². The van der Waals surface area contributed by atoms with Gasteiger partial charge in [-0.15, -0.1) is 10.2 Å². The Morgan fingerprint density at radius 3 is 2.53 bits per heavy atom. The fourth-order valence-corrected chi connectivity index (χ4v) is 2.92. The van der Waals surface area contributed by atoms with Crippen LogP contribution in [0.25, 0.3) is 0 Å². The van der Waals surface area contributed by atoms with Gasteiger partial charge in [-0.25, -0.2) is 0 Å². The first-order valence-electron chi connectivity index (χ1n) is 6.49. The fourth-order valence-electron chi connectivity index (χ4n) is 2.73. The van der Waals surface area contributed by atoms with Crippen LogP contribution in [0.3, 0.4) is 0 Å². The Labute approximate surface area is 109 Å². The predicted octanol–water partition coefficient (Wildman–Crippen LogP) is 3.67. The van der Waals surface area contributed by atoms with E-state index in [0.29, 0.717) is 5.28 Å². The zero-order chi connectivity index (χ0) is 12.6. The summed E-state index contributed by atoms with van der Waals surface area (Å²) in [4.78, 5) is 0. The highest BCUT2D eigenvalue weighted by Gasteiger charge is 2.28. The quantitative estimate of drug-likeness (QED) is 0.807. The van der Waals surface area contributed by atoms with Crippen molar-refractivity contribution in [2.24, 2.45) is 11.8 Å². The molecule has 0 saturated heterocycles. The Bertz CT molecular complexity index is 392. The monoisotopic (exact) mass is 255 g/mol. The molecular formula is C13H22ClN3. The summed E-state index contributed by atoms with van der Waals surface area (Å²) in [6.07, 6.45) is 3.99. The molecule has 0 amide bonds. The molecule has 0 bridgehead atoms. The molecular weight excluding hydrogens is 234 g/mol. The van der Waals surface area contributed by atoms with Crippen LogP contribution in [0.1, 0.15) is 52.8 Å². The van der Waals surface area contributed by atoms with Gasteiger partial charge in [0.15, 0.2) is 0 Å². The summed E-state index contributed by atoms with van der Waals surface area (Å²) >= 11 is 6.17. The third kappa shape index (κ3) is 2.65. The molecule has 3 nitrogen and oxygen atoms in total. The Kier molecular flexibility index (Phi) is 3.48. The topological polar surface area (TPSA) is 30.7 Å². The molecule has 2 unspecified atom stereocenters. The highest BCUT2D eigenvalue weighted by Crippen LogP contribution is 2.34. The van der Waals surface area contributed by atoms with Crippen molar-refractivity contribution in [3.8, 4) is 0 Å². The van der Waals surface area contributed by atoms with Crippen LogP contribution in [0, 0.1) is 11.8 Å². The number of halogens is 1.